The third kappa shape index (κ3) is 6.86. The van der Waals surface area contributed by atoms with Crippen molar-refractivity contribution in [1.29, 1.82) is 0 Å². The summed E-state index contributed by atoms with van der Waals surface area (Å²) in [6.07, 6.45) is 4.12. The summed E-state index contributed by atoms with van der Waals surface area (Å²) in [4.78, 5) is 9.50. The molecule has 2 heterocycles. The van der Waals surface area contributed by atoms with Gasteiger partial charge in [-0.1, -0.05) is 31.2 Å². The van der Waals surface area contributed by atoms with Crippen molar-refractivity contribution < 1.29 is 5.11 Å². The molecule has 0 aliphatic carbocycles. The molecule has 2 fully saturated rings. The molecule has 0 amide bonds. The minimum absolute atomic E-state index is 0. The molecule has 0 radical (unpaired) electrons. The number of nitrogens with two attached hydrogens (primary N) is 1. The third-order valence-corrected chi connectivity index (χ3v) is 5.91. The van der Waals surface area contributed by atoms with E-state index in [1.54, 1.807) is 0 Å². The lowest BCUT2D eigenvalue weighted by Crippen LogP contribution is -2.42. The van der Waals surface area contributed by atoms with E-state index in [2.05, 4.69) is 51.3 Å². The lowest BCUT2D eigenvalue weighted by molar-refractivity contribution is 0.0791. The van der Waals surface area contributed by atoms with Gasteiger partial charge in [-0.2, -0.15) is 0 Å². The van der Waals surface area contributed by atoms with Crippen LogP contribution in [0.2, 0.25) is 0 Å². The Morgan fingerprint density at radius 1 is 1.18 bits per heavy atom. The predicted molar refractivity (Wildman–Crippen MR) is 126 cm³/mol. The van der Waals surface area contributed by atoms with Gasteiger partial charge in [0.1, 0.15) is 0 Å². The molecule has 1 aromatic carbocycles. The summed E-state index contributed by atoms with van der Waals surface area (Å²) in [5.41, 5.74) is 8.65. The number of halogens is 1. The van der Waals surface area contributed by atoms with Crippen LogP contribution in [0.5, 0.6) is 0 Å². The van der Waals surface area contributed by atoms with Crippen molar-refractivity contribution in [1.82, 2.24) is 15.1 Å². The number of piperidine rings is 1. The number of hydrogen-bond acceptors (Lipinski definition) is 4. The zero-order valence-corrected chi connectivity index (χ0v) is 19.3. The van der Waals surface area contributed by atoms with Gasteiger partial charge in [0.05, 0.1) is 12.6 Å². The number of benzene rings is 1. The summed E-state index contributed by atoms with van der Waals surface area (Å²) in [5, 5.41) is 13.0. The zero-order chi connectivity index (χ0) is 19.1. The van der Waals surface area contributed by atoms with Crippen molar-refractivity contribution in [2.45, 2.75) is 57.8 Å². The fourth-order valence-electron chi connectivity index (χ4n) is 4.18. The number of likely N-dealkylation sites (N-methyl/N-ethyl adjacent to an activating group) is 1. The van der Waals surface area contributed by atoms with Crippen LogP contribution >= 0.6 is 24.0 Å². The summed E-state index contributed by atoms with van der Waals surface area (Å²) in [5.74, 6) is 0.536. The number of nitrogens with zero attached hydrogens (tertiary/aromatic N) is 3. The Balaban J connectivity index is 0.00000280. The highest BCUT2D eigenvalue weighted by atomic mass is 127. The van der Waals surface area contributed by atoms with E-state index in [9.17, 15) is 5.11 Å². The summed E-state index contributed by atoms with van der Waals surface area (Å²) in [7, 11) is 0. The summed E-state index contributed by atoms with van der Waals surface area (Å²) in [6, 6.07) is 9.04. The molecule has 0 bridgehead atoms. The monoisotopic (exact) mass is 501 g/mol. The number of aliphatic imine (C=N–C) groups is 1. The van der Waals surface area contributed by atoms with Crippen LogP contribution in [0.15, 0.2) is 29.3 Å². The summed E-state index contributed by atoms with van der Waals surface area (Å²) in [6.45, 7) is 8.82. The van der Waals surface area contributed by atoms with E-state index < -0.39 is 0 Å². The van der Waals surface area contributed by atoms with Gasteiger partial charge in [0.15, 0.2) is 5.96 Å². The predicted octanol–water partition coefficient (Wildman–Crippen LogP) is 2.15. The molecule has 4 N–H and O–H groups in total. The molecular formula is C21H36IN5O. The van der Waals surface area contributed by atoms with Gasteiger partial charge in [0, 0.05) is 32.2 Å². The molecular weight excluding hydrogens is 465 g/mol. The second-order valence-corrected chi connectivity index (χ2v) is 7.78. The van der Waals surface area contributed by atoms with E-state index in [0.29, 0.717) is 18.5 Å². The van der Waals surface area contributed by atoms with Crippen LogP contribution in [0.4, 0.5) is 0 Å². The largest absolute Gasteiger partial charge is 0.393 e. The number of guanidine groups is 1. The summed E-state index contributed by atoms with van der Waals surface area (Å²) < 4.78 is 0. The van der Waals surface area contributed by atoms with Crippen LogP contribution in [0, 0.1) is 0 Å². The highest BCUT2D eigenvalue weighted by molar-refractivity contribution is 14.0. The third-order valence-electron chi connectivity index (χ3n) is 5.91. The molecule has 1 unspecified atom stereocenters. The van der Waals surface area contributed by atoms with Crippen LogP contribution in [0.1, 0.15) is 43.7 Å². The molecule has 0 spiro atoms. The molecule has 2 aliphatic heterocycles. The maximum Gasteiger partial charge on any atom is 0.188 e. The first-order valence-electron chi connectivity index (χ1n) is 10.4. The van der Waals surface area contributed by atoms with E-state index in [4.69, 9.17) is 5.73 Å². The van der Waals surface area contributed by atoms with Gasteiger partial charge in [-0.3, -0.25) is 9.80 Å². The van der Waals surface area contributed by atoms with E-state index in [0.717, 1.165) is 45.6 Å². The number of aliphatic hydroxyl groups is 1. The Kier molecular flexibility index (Phi) is 9.98. The van der Waals surface area contributed by atoms with Gasteiger partial charge < -0.3 is 16.2 Å². The highest BCUT2D eigenvalue weighted by Crippen LogP contribution is 2.17. The van der Waals surface area contributed by atoms with Crippen molar-refractivity contribution >= 4 is 29.9 Å². The first kappa shape index (κ1) is 23.4. The molecule has 1 atom stereocenters. The zero-order valence-electron chi connectivity index (χ0n) is 17.0. The van der Waals surface area contributed by atoms with E-state index >= 15 is 0 Å². The second-order valence-electron chi connectivity index (χ2n) is 7.78. The fraction of sp³-hybridized carbons (Fsp3) is 0.667. The first-order chi connectivity index (χ1) is 13.2. The molecule has 2 aliphatic rings. The molecule has 3 rings (SSSR count). The van der Waals surface area contributed by atoms with Gasteiger partial charge in [0.2, 0.25) is 0 Å². The van der Waals surface area contributed by atoms with E-state index in [1.807, 2.05) is 0 Å². The molecule has 28 heavy (non-hydrogen) atoms. The average Bonchev–Trinajstić information content (AvgIpc) is 3.15. The Bertz CT molecular complexity index is 619. The number of likely N-dealkylation sites (tertiary alicyclic amines) is 2. The van der Waals surface area contributed by atoms with Crippen LogP contribution in [-0.2, 0) is 13.1 Å². The highest BCUT2D eigenvalue weighted by Gasteiger charge is 2.22. The minimum Gasteiger partial charge on any atom is -0.393 e. The lowest BCUT2D eigenvalue weighted by Gasteiger charge is -2.30. The normalized spacial score (nSPS) is 22.2. The van der Waals surface area contributed by atoms with Gasteiger partial charge >= 0.3 is 0 Å². The van der Waals surface area contributed by atoms with E-state index in [-0.39, 0.29) is 30.1 Å². The number of hydrogen-bond donors (Lipinski definition) is 3. The Hall–Kier alpha value is -0.900. The number of rotatable bonds is 7. The van der Waals surface area contributed by atoms with Gasteiger partial charge in [-0.25, -0.2) is 4.99 Å². The number of nitrogens with one attached hydrogen (secondary N) is 1. The Labute approximate surface area is 186 Å². The quantitative estimate of drug-likeness (QED) is 0.303. The van der Waals surface area contributed by atoms with Crippen molar-refractivity contribution in [3.05, 3.63) is 35.4 Å². The standard InChI is InChI=1S/C21H35N5O.HI/c1-2-26-11-5-8-19(26)15-24-21(22)23-14-17-6-3-4-7-18(17)16-25-12-9-20(27)10-13-25;/h3-4,6-7,19-20,27H,2,5,8-16H2,1H3,(H3,22,23,24);1H. The lowest BCUT2D eigenvalue weighted by atomic mass is 10.0. The molecule has 0 saturated carbocycles. The Morgan fingerprint density at radius 3 is 2.61 bits per heavy atom. The molecule has 1 aromatic rings. The fourth-order valence-corrected chi connectivity index (χ4v) is 4.18. The minimum atomic E-state index is -0.129. The van der Waals surface area contributed by atoms with Crippen molar-refractivity contribution in [3.63, 3.8) is 0 Å². The molecule has 0 aromatic heterocycles. The first-order valence-corrected chi connectivity index (χ1v) is 10.4. The van der Waals surface area contributed by atoms with Gasteiger partial charge in [-0.05, 0) is 49.9 Å². The maximum absolute atomic E-state index is 9.69. The van der Waals surface area contributed by atoms with Crippen LogP contribution in [0.3, 0.4) is 0 Å². The van der Waals surface area contributed by atoms with Crippen molar-refractivity contribution in [3.8, 4) is 0 Å². The van der Waals surface area contributed by atoms with Crippen LogP contribution in [0.25, 0.3) is 0 Å². The van der Waals surface area contributed by atoms with Gasteiger partial charge in [0.25, 0.3) is 0 Å². The van der Waals surface area contributed by atoms with E-state index in [1.165, 1.54) is 30.5 Å². The van der Waals surface area contributed by atoms with Gasteiger partial charge in [-0.15, -0.1) is 24.0 Å². The molecule has 158 valence electrons. The SMILES string of the molecule is CCN1CCCC1CNC(N)=NCc1ccccc1CN1CCC(O)CC1.I. The van der Waals surface area contributed by atoms with Crippen molar-refractivity contribution in [2.24, 2.45) is 10.7 Å². The van der Waals surface area contributed by atoms with Crippen molar-refractivity contribution in [2.75, 3.05) is 32.7 Å². The molecule has 6 nitrogen and oxygen atoms in total. The molecule has 2 saturated heterocycles. The topological polar surface area (TPSA) is 77.1 Å². The van der Waals surface area contributed by atoms with Crippen LogP contribution in [-0.4, -0.2) is 65.7 Å². The average molecular weight is 501 g/mol. The smallest absolute Gasteiger partial charge is 0.188 e. The number of aliphatic hydroxyl groups excluding tert-OH is 1. The maximum atomic E-state index is 9.69. The van der Waals surface area contributed by atoms with Crippen LogP contribution < -0.4 is 11.1 Å². The second kappa shape index (κ2) is 11.9. The molecule has 7 heteroatoms. The Morgan fingerprint density at radius 2 is 1.89 bits per heavy atom. The summed E-state index contributed by atoms with van der Waals surface area (Å²) >= 11 is 0.